The molecule has 0 saturated heterocycles. The van der Waals surface area contributed by atoms with Gasteiger partial charge in [-0.05, 0) is 36.4 Å². The molecule has 1 heterocycles. The minimum absolute atomic E-state index is 0.264. The SMILES string of the molecule is COc1ccc2c(c1OC)C(=O)O[C@H]2NNC(=O)c1ccc(Cl)cc1. The van der Waals surface area contributed by atoms with Crippen LogP contribution in [-0.2, 0) is 4.74 Å². The Bertz CT molecular complexity index is 823. The molecule has 25 heavy (non-hydrogen) atoms. The van der Waals surface area contributed by atoms with E-state index in [0.717, 1.165) is 0 Å². The lowest BCUT2D eigenvalue weighted by Crippen LogP contribution is -2.40. The summed E-state index contributed by atoms with van der Waals surface area (Å²) in [6.45, 7) is 0. The Kier molecular flexibility index (Phi) is 4.78. The highest BCUT2D eigenvalue weighted by Gasteiger charge is 2.36. The van der Waals surface area contributed by atoms with E-state index >= 15 is 0 Å². The maximum atomic E-state index is 12.2. The number of nitrogens with one attached hydrogen (secondary N) is 2. The highest BCUT2D eigenvalue weighted by atomic mass is 35.5. The normalized spacial score (nSPS) is 15.3. The molecule has 2 aromatic rings. The molecule has 130 valence electrons. The summed E-state index contributed by atoms with van der Waals surface area (Å²) >= 11 is 5.80. The molecule has 2 aromatic carbocycles. The zero-order chi connectivity index (χ0) is 18.0. The van der Waals surface area contributed by atoms with E-state index in [4.69, 9.17) is 25.8 Å². The van der Waals surface area contributed by atoms with Crippen molar-refractivity contribution in [3.8, 4) is 11.5 Å². The van der Waals surface area contributed by atoms with Crippen molar-refractivity contribution in [1.29, 1.82) is 0 Å². The number of methoxy groups -OCH3 is 2. The molecule has 0 radical (unpaired) electrons. The van der Waals surface area contributed by atoms with Gasteiger partial charge in [0.15, 0.2) is 17.7 Å². The second kappa shape index (κ2) is 7.00. The lowest BCUT2D eigenvalue weighted by molar-refractivity contribution is 0.0260. The Hall–Kier alpha value is -2.77. The molecule has 0 aliphatic carbocycles. The molecule has 3 rings (SSSR count). The van der Waals surface area contributed by atoms with Crippen LogP contribution in [0.3, 0.4) is 0 Å². The molecule has 0 saturated carbocycles. The first-order chi connectivity index (χ1) is 12.0. The first-order valence-electron chi connectivity index (χ1n) is 7.32. The lowest BCUT2D eigenvalue weighted by Gasteiger charge is -2.14. The predicted octanol–water partition coefficient (Wildman–Crippen LogP) is 2.46. The van der Waals surface area contributed by atoms with Crippen molar-refractivity contribution < 1.29 is 23.8 Å². The maximum absolute atomic E-state index is 12.2. The van der Waals surface area contributed by atoms with Gasteiger partial charge < -0.3 is 14.2 Å². The van der Waals surface area contributed by atoms with Gasteiger partial charge in [0.2, 0.25) is 0 Å². The van der Waals surface area contributed by atoms with E-state index in [0.29, 0.717) is 27.6 Å². The van der Waals surface area contributed by atoms with E-state index in [1.165, 1.54) is 14.2 Å². The van der Waals surface area contributed by atoms with Gasteiger partial charge >= 0.3 is 5.97 Å². The molecule has 1 atom stereocenters. The fourth-order valence-corrected chi connectivity index (χ4v) is 2.64. The lowest BCUT2D eigenvalue weighted by atomic mass is 10.1. The third kappa shape index (κ3) is 3.24. The summed E-state index contributed by atoms with van der Waals surface area (Å²) < 4.78 is 15.7. The number of cyclic esters (lactones) is 1. The van der Waals surface area contributed by atoms with Crippen LogP contribution >= 0.6 is 11.6 Å². The van der Waals surface area contributed by atoms with Crippen molar-refractivity contribution in [2.24, 2.45) is 0 Å². The predicted molar refractivity (Wildman–Crippen MR) is 89.8 cm³/mol. The second-order valence-electron chi connectivity index (χ2n) is 5.16. The number of esters is 1. The number of rotatable bonds is 5. The third-order valence-corrected chi connectivity index (χ3v) is 3.96. The second-order valence-corrected chi connectivity index (χ2v) is 5.59. The number of benzene rings is 2. The minimum Gasteiger partial charge on any atom is -0.493 e. The smallest absolute Gasteiger partial charge is 0.344 e. The van der Waals surface area contributed by atoms with Gasteiger partial charge in [0, 0.05) is 16.1 Å². The highest BCUT2D eigenvalue weighted by molar-refractivity contribution is 6.30. The summed E-state index contributed by atoms with van der Waals surface area (Å²) in [5.74, 6) is -0.243. The van der Waals surface area contributed by atoms with Crippen LogP contribution in [0.2, 0.25) is 5.02 Å². The molecule has 1 aliphatic heterocycles. The first kappa shape index (κ1) is 17.1. The van der Waals surface area contributed by atoms with Gasteiger partial charge in [0.1, 0.15) is 5.56 Å². The highest BCUT2D eigenvalue weighted by Crippen LogP contribution is 2.40. The van der Waals surface area contributed by atoms with E-state index in [-0.39, 0.29) is 11.5 Å². The summed E-state index contributed by atoms with van der Waals surface area (Å²) in [5, 5.41) is 0.532. The van der Waals surface area contributed by atoms with Gasteiger partial charge in [0.05, 0.1) is 14.2 Å². The van der Waals surface area contributed by atoms with Crippen LogP contribution in [0.15, 0.2) is 36.4 Å². The zero-order valence-electron chi connectivity index (χ0n) is 13.5. The van der Waals surface area contributed by atoms with E-state index in [1.54, 1.807) is 36.4 Å². The molecule has 1 amide bonds. The first-order valence-corrected chi connectivity index (χ1v) is 7.70. The molecular formula is C17H15ClN2O5. The van der Waals surface area contributed by atoms with Crippen LogP contribution in [0.1, 0.15) is 32.5 Å². The molecule has 0 spiro atoms. The van der Waals surface area contributed by atoms with Crippen LogP contribution < -0.4 is 20.3 Å². The Morgan fingerprint density at radius 2 is 1.84 bits per heavy atom. The molecule has 1 aliphatic rings. The Balaban J connectivity index is 1.77. The third-order valence-electron chi connectivity index (χ3n) is 3.71. The van der Waals surface area contributed by atoms with Crippen LogP contribution in [0.4, 0.5) is 0 Å². The number of carbonyl (C=O) groups is 2. The topological polar surface area (TPSA) is 85.9 Å². The van der Waals surface area contributed by atoms with Crippen molar-refractivity contribution in [3.63, 3.8) is 0 Å². The van der Waals surface area contributed by atoms with Gasteiger partial charge in [-0.15, -0.1) is 0 Å². The van der Waals surface area contributed by atoms with Crippen molar-refractivity contribution in [2.45, 2.75) is 6.23 Å². The summed E-state index contributed by atoms with van der Waals surface area (Å²) in [6, 6.07) is 9.73. The van der Waals surface area contributed by atoms with Crippen molar-refractivity contribution in [1.82, 2.24) is 10.9 Å². The number of hydrazine groups is 1. The number of amides is 1. The van der Waals surface area contributed by atoms with Crippen LogP contribution in [0.5, 0.6) is 11.5 Å². The Morgan fingerprint density at radius 1 is 1.12 bits per heavy atom. The van der Waals surface area contributed by atoms with Gasteiger partial charge in [-0.2, -0.15) is 5.43 Å². The maximum Gasteiger partial charge on any atom is 0.344 e. The number of halogens is 1. The largest absolute Gasteiger partial charge is 0.493 e. The number of hydrogen-bond acceptors (Lipinski definition) is 6. The standard InChI is InChI=1S/C17H15ClN2O5/c1-23-12-8-7-11-13(14(12)24-2)17(22)25-16(11)20-19-15(21)9-3-5-10(18)6-4-9/h3-8,16,20H,1-2H3,(H,19,21)/t16-/m1/s1. The summed E-state index contributed by atoms with van der Waals surface area (Å²) in [6.07, 6.45) is -0.835. The number of fused-ring (bicyclic) bond motifs is 1. The zero-order valence-corrected chi connectivity index (χ0v) is 14.2. The van der Waals surface area contributed by atoms with E-state index < -0.39 is 12.2 Å². The summed E-state index contributed by atoms with van der Waals surface area (Å²) in [4.78, 5) is 24.3. The van der Waals surface area contributed by atoms with Crippen LogP contribution in [-0.4, -0.2) is 26.1 Å². The van der Waals surface area contributed by atoms with Gasteiger partial charge in [-0.1, -0.05) is 11.6 Å². The monoisotopic (exact) mass is 362 g/mol. The van der Waals surface area contributed by atoms with E-state index in [9.17, 15) is 9.59 Å². The molecule has 0 fully saturated rings. The number of ether oxygens (including phenoxy) is 3. The van der Waals surface area contributed by atoms with Gasteiger partial charge in [-0.3, -0.25) is 10.2 Å². The van der Waals surface area contributed by atoms with Crippen molar-refractivity contribution >= 4 is 23.5 Å². The molecule has 0 bridgehead atoms. The molecule has 2 N–H and O–H groups in total. The minimum atomic E-state index is -0.835. The van der Waals surface area contributed by atoms with Crippen molar-refractivity contribution in [2.75, 3.05) is 14.2 Å². The molecule has 7 nitrogen and oxygen atoms in total. The molecule has 0 aromatic heterocycles. The van der Waals surface area contributed by atoms with Gasteiger partial charge in [-0.25, -0.2) is 4.79 Å². The molecular weight excluding hydrogens is 348 g/mol. The quantitative estimate of drug-likeness (QED) is 0.627. The average molecular weight is 363 g/mol. The molecule has 0 unspecified atom stereocenters. The number of hydrogen-bond donors (Lipinski definition) is 2. The fraction of sp³-hybridized carbons (Fsp3) is 0.176. The van der Waals surface area contributed by atoms with E-state index in [2.05, 4.69) is 10.9 Å². The number of carbonyl (C=O) groups excluding carboxylic acids is 2. The summed E-state index contributed by atoms with van der Waals surface area (Å²) in [7, 11) is 2.92. The Labute approximate surface area is 148 Å². The average Bonchev–Trinajstić information content (AvgIpc) is 2.95. The van der Waals surface area contributed by atoms with Gasteiger partial charge in [0.25, 0.3) is 5.91 Å². The van der Waals surface area contributed by atoms with Crippen LogP contribution in [0, 0.1) is 0 Å². The van der Waals surface area contributed by atoms with E-state index in [1.807, 2.05) is 0 Å². The Morgan fingerprint density at radius 3 is 2.48 bits per heavy atom. The van der Waals surface area contributed by atoms with Crippen molar-refractivity contribution in [3.05, 3.63) is 58.1 Å². The molecule has 8 heteroatoms. The fourth-order valence-electron chi connectivity index (χ4n) is 2.51. The summed E-state index contributed by atoms with van der Waals surface area (Å²) in [5.41, 5.74) is 6.42. The van der Waals surface area contributed by atoms with Crippen LogP contribution in [0.25, 0.3) is 0 Å².